The molecule has 29 heavy (non-hydrogen) atoms. The van der Waals surface area contributed by atoms with Crippen molar-refractivity contribution in [3.63, 3.8) is 0 Å². The van der Waals surface area contributed by atoms with Crippen LogP contribution in [-0.4, -0.2) is 34.3 Å². The molecule has 1 aromatic heterocycles. The number of amides is 2. The van der Waals surface area contributed by atoms with Gasteiger partial charge in [0.25, 0.3) is 0 Å². The number of nitrogens with zero attached hydrogens (tertiary/aromatic N) is 2. The Morgan fingerprint density at radius 1 is 1.17 bits per heavy atom. The molecule has 1 fully saturated rings. The lowest BCUT2D eigenvalue weighted by Crippen LogP contribution is -2.49. The molecule has 2 amide bonds. The van der Waals surface area contributed by atoms with E-state index in [9.17, 15) is 4.79 Å². The van der Waals surface area contributed by atoms with Gasteiger partial charge in [0.1, 0.15) is 4.60 Å². The molecule has 1 saturated heterocycles. The highest BCUT2D eigenvalue weighted by atomic mass is 79.9. The van der Waals surface area contributed by atoms with Crippen LogP contribution in [0.4, 0.5) is 10.5 Å². The fraction of sp³-hybridized carbons (Fsp3) is 0.455. The van der Waals surface area contributed by atoms with Crippen LogP contribution in [0.15, 0.2) is 29.0 Å². The molecule has 0 atom stereocenters. The zero-order valence-electron chi connectivity index (χ0n) is 16.3. The first kappa shape index (κ1) is 19.4. The molecule has 7 heteroatoms. The Bertz CT molecular complexity index is 912. The van der Waals surface area contributed by atoms with E-state index in [-0.39, 0.29) is 6.03 Å². The standard InChI is InChI=1S/C22H25BrN4OS/c23-21-16(6-3-9-24-21)11-27-12-17(13-27)29-26-22(28)25-20-18-7-1-4-14(18)10-15-5-2-8-19(15)20/h3,6,9-10,17H,1-2,4-5,7-8,11-13H2,(H2,25,26,28). The summed E-state index contributed by atoms with van der Waals surface area (Å²) in [7, 11) is 0. The number of aromatic nitrogens is 1. The predicted octanol–water partition coefficient (Wildman–Crippen LogP) is 4.48. The lowest BCUT2D eigenvalue weighted by molar-refractivity contribution is 0.180. The van der Waals surface area contributed by atoms with Crippen molar-refractivity contribution in [3.8, 4) is 0 Å². The molecule has 2 heterocycles. The topological polar surface area (TPSA) is 57.3 Å². The van der Waals surface area contributed by atoms with Crippen molar-refractivity contribution in [2.24, 2.45) is 0 Å². The van der Waals surface area contributed by atoms with Gasteiger partial charge in [-0.1, -0.05) is 12.1 Å². The van der Waals surface area contributed by atoms with Gasteiger partial charge in [0.05, 0.1) is 5.25 Å². The van der Waals surface area contributed by atoms with E-state index in [0.717, 1.165) is 55.6 Å². The van der Waals surface area contributed by atoms with Gasteiger partial charge in [-0.05, 0) is 100 Å². The number of benzene rings is 1. The van der Waals surface area contributed by atoms with E-state index in [1.165, 1.54) is 40.7 Å². The molecule has 0 saturated carbocycles. The Balaban J connectivity index is 1.13. The third kappa shape index (κ3) is 4.05. The zero-order valence-corrected chi connectivity index (χ0v) is 18.7. The van der Waals surface area contributed by atoms with Crippen LogP contribution in [0.2, 0.25) is 0 Å². The number of likely N-dealkylation sites (tertiary alicyclic amines) is 1. The van der Waals surface area contributed by atoms with Crippen molar-refractivity contribution >= 4 is 39.6 Å². The molecule has 152 valence electrons. The fourth-order valence-electron chi connectivity index (χ4n) is 4.75. The van der Waals surface area contributed by atoms with E-state index in [2.05, 4.69) is 48.0 Å². The Morgan fingerprint density at radius 3 is 2.59 bits per heavy atom. The van der Waals surface area contributed by atoms with Crippen molar-refractivity contribution < 1.29 is 4.79 Å². The third-order valence-corrected chi connectivity index (χ3v) is 7.83. The second-order valence-electron chi connectivity index (χ2n) is 8.18. The number of nitrogens with one attached hydrogen (secondary N) is 2. The summed E-state index contributed by atoms with van der Waals surface area (Å²) in [5, 5.41) is 3.64. The number of aryl methyl sites for hydroxylation is 2. The van der Waals surface area contributed by atoms with E-state index >= 15 is 0 Å². The number of urea groups is 1. The maximum Gasteiger partial charge on any atom is 0.329 e. The summed E-state index contributed by atoms with van der Waals surface area (Å²) in [5.74, 6) is 0. The molecule has 1 aromatic carbocycles. The quantitative estimate of drug-likeness (QED) is 0.497. The Morgan fingerprint density at radius 2 is 1.90 bits per heavy atom. The molecule has 1 aliphatic heterocycles. The molecule has 0 unspecified atom stereocenters. The highest BCUT2D eigenvalue weighted by Gasteiger charge is 2.29. The summed E-state index contributed by atoms with van der Waals surface area (Å²) in [5.41, 5.74) is 7.97. The predicted molar refractivity (Wildman–Crippen MR) is 121 cm³/mol. The number of hydrogen-bond acceptors (Lipinski definition) is 4. The molecule has 0 spiro atoms. The van der Waals surface area contributed by atoms with Crippen molar-refractivity contribution in [2.45, 2.75) is 50.3 Å². The molecule has 0 bridgehead atoms. The summed E-state index contributed by atoms with van der Waals surface area (Å²) < 4.78 is 3.94. The van der Waals surface area contributed by atoms with Crippen LogP contribution in [0.25, 0.3) is 0 Å². The van der Waals surface area contributed by atoms with Crippen LogP contribution in [0.3, 0.4) is 0 Å². The minimum Gasteiger partial charge on any atom is -0.307 e. The first-order valence-corrected chi connectivity index (χ1v) is 12.1. The van der Waals surface area contributed by atoms with Crippen molar-refractivity contribution in [1.29, 1.82) is 0 Å². The van der Waals surface area contributed by atoms with Crippen molar-refractivity contribution in [1.82, 2.24) is 14.6 Å². The number of fused-ring (bicyclic) bond motifs is 2. The molecular formula is C22H25BrN4OS. The number of halogens is 1. The lowest BCUT2D eigenvalue weighted by atomic mass is 9.99. The minimum atomic E-state index is -0.0853. The second kappa shape index (κ2) is 8.28. The van der Waals surface area contributed by atoms with Gasteiger partial charge in [0, 0.05) is 31.5 Å². The fourth-order valence-corrected chi connectivity index (χ4v) is 6.02. The molecule has 2 aliphatic carbocycles. The van der Waals surface area contributed by atoms with E-state index in [4.69, 9.17) is 0 Å². The summed E-state index contributed by atoms with van der Waals surface area (Å²) in [6, 6.07) is 6.37. The van der Waals surface area contributed by atoms with Crippen molar-refractivity contribution in [3.05, 3.63) is 56.8 Å². The molecule has 5 nitrogen and oxygen atoms in total. The Labute approximate surface area is 184 Å². The lowest BCUT2D eigenvalue weighted by Gasteiger charge is -2.38. The summed E-state index contributed by atoms with van der Waals surface area (Å²) in [4.78, 5) is 19.3. The van der Waals surface area contributed by atoms with Gasteiger partial charge in [-0.25, -0.2) is 9.78 Å². The third-order valence-electron chi connectivity index (χ3n) is 6.18. The summed E-state index contributed by atoms with van der Waals surface area (Å²) in [6.45, 7) is 2.84. The normalized spacial score (nSPS) is 18.2. The van der Waals surface area contributed by atoms with E-state index in [1.807, 2.05) is 6.07 Å². The highest BCUT2D eigenvalue weighted by molar-refractivity contribution is 9.10. The van der Waals surface area contributed by atoms with Crippen LogP contribution in [-0.2, 0) is 32.2 Å². The molecule has 3 aliphatic rings. The maximum absolute atomic E-state index is 12.6. The van der Waals surface area contributed by atoms with Gasteiger partial charge in [-0.3, -0.25) is 9.62 Å². The molecular weight excluding hydrogens is 448 g/mol. The van der Waals surface area contributed by atoms with Crippen molar-refractivity contribution in [2.75, 3.05) is 18.4 Å². The molecule has 5 rings (SSSR count). The molecule has 2 aromatic rings. The number of hydrogen-bond donors (Lipinski definition) is 2. The van der Waals surface area contributed by atoms with Gasteiger partial charge in [-0.2, -0.15) is 0 Å². The van der Waals surface area contributed by atoms with Gasteiger partial charge in [-0.15, -0.1) is 0 Å². The van der Waals surface area contributed by atoms with Crippen LogP contribution < -0.4 is 10.0 Å². The van der Waals surface area contributed by atoms with Gasteiger partial charge < -0.3 is 5.32 Å². The monoisotopic (exact) mass is 472 g/mol. The summed E-state index contributed by atoms with van der Waals surface area (Å²) in [6.07, 6.45) is 8.68. The number of pyridine rings is 1. The minimum absolute atomic E-state index is 0.0853. The maximum atomic E-state index is 12.6. The molecule has 0 radical (unpaired) electrons. The van der Waals surface area contributed by atoms with E-state index in [0.29, 0.717) is 5.25 Å². The van der Waals surface area contributed by atoms with Gasteiger partial charge in [0.15, 0.2) is 0 Å². The van der Waals surface area contributed by atoms with E-state index < -0.39 is 0 Å². The largest absolute Gasteiger partial charge is 0.329 e. The van der Waals surface area contributed by atoms with E-state index in [1.54, 1.807) is 18.1 Å². The first-order chi connectivity index (χ1) is 14.2. The number of carbonyl (C=O) groups is 1. The Kier molecular flexibility index (Phi) is 5.54. The summed E-state index contributed by atoms with van der Waals surface area (Å²) >= 11 is 5.05. The number of carbonyl (C=O) groups excluding carboxylic acids is 1. The first-order valence-electron chi connectivity index (χ1n) is 10.4. The number of anilines is 1. The van der Waals surface area contributed by atoms with Crippen LogP contribution in [0.5, 0.6) is 0 Å². The Hall–Kier alpha value is -1.57. The SMILES string of the molecule is O=C(NSC1CN(Cc2cccnc2Br)C1)Nc1c2c(cc3c1CCC3)CCC2. The highest BCUT2D eigenvalue weighted by Crippen LogP contribution is 2.38. The average Bonchev–Trinajstić information content (AvgIpc) is 3.33. The second-order valence-corrected chi connectivity index (χ2v) is 10.0. The van der Waals surface area contributed by atoms with Crippen LogP contribution in [0.1, 0.15) is 40.7 Å². The van der Waals surface area contributed by atoms with Crippen LogP contribution >= 0.6 is 27.9 Å². The zero-order chi connectivity index (χ0) is 19.8. The number of rotatable bonds is 5. The smallest absolute Gasteiger partial charge is 0.307 e. The average molecular weight is 473 g/mol. The van der Waals surface area contributed by atoms with Gasteiger partial charge in [0.2, 0.25) is 0 Å². The van der Waals surface area contributed by atoms with Crippen LogP contribution in [0, 0.1) is 0 Å². The molecule has 2 N–H and O–H groups in total. The van der Waals surface area contributed by atoms with Gasteiger partial charge >= 0.3 is 6.03 Å².